The van der Waals surface area contributed by atoms with Crippen LogP contribution >= 0.6 is 0 Å². The molecule has 0 radical (unpaired) electrons. The van der Waals surface area contributed by atoms with Crippen LogP contribution in [0.2, 0.25) is 0 Å². The van der Waals surface area contributed by atoms with E-state index in [-0.39, 0.29) is 11.9 Å². The van der Waals surface area contributed by atoms with Crippen LogP contribution < -0.4 is 10.6 Å². The van der Waals surface area contributed by atoms with Crippen LogP contribution in [0.4, 0.5) is 11.6 Å². The summed E-state index contributed by atoms with van der Waals surface area (Å²) in [6.45, 7) is 4.11. The van der Waals surface area contributed by atoms with Gasteiger partial charge in [-0.15, -0.1) is 0 Å². The summed E-state index contributed by atoms with van der Waals surface area (Å²) in [5, 5.41) is 6.06. The van der Waals surface area contributed by atoms with Crippen LogP contribution in [0.15, 0.2) is 36.7 Å². The Hall–Kier alpha value is -2.34. The van der Waals surface area contributed by atoms with Crippen LogP contribution in [0.25, 0.3) is 5.69 Å². The molecule has 112 valence electrons. The van der Waals surface area contributed by atoms with Crippen LogP contribution in [0.5, 0.6) is 0 Å². The van der Waals surface area contributed by atoms with Gasteiger partial charge in [0.25, 0.3) is 0 Å². The Morgan fingerprint density at radius 1 is 1.48 bits per heavy atom. The summed E-state index contributed by atoms with van der Waals surface area (Å²) in [5.41, 5.74) is 1.68. The Labute approximate surface area is 124 Å². The number of hydrogen-bond donors (Lipinski definition) is 2. The zero-order valence-electron chi connectivity index (χ0n) is 12.5. The Morgan fingerprint density at radius 2 is 2.29 bits per heavy atom. The first-order valence-electron chi connectivity index (χ1n) is 6.77. The van der Waals surface area contributed by atoms with Crippen molar-refractivity contribution in [2.75, 3.05) is 24.4 Å². The molecule has 6 heteroatoms. The minimum Gasteiger partial charge on any atom is -0.383 e. The highest BCUT2D eigenvalue weighted by Gasteiger charge is 2.09. The number of imidazole rings is 1. The van der Waals surface area contributed by atoms with Crippen molar-refractivity contribution in [3.05, 3.63) is 36.7 Å². The molecular formula is C15H20N4O2. The summed E-state index contributed by atoms with van der Waals surface area (Å²) in [6.07, 6.45) is 3.60. The van der Waals surface area contributed by atoms with Crippen LogP contribution in [-0.4, -0.2) is 35.2 Å². The molecule has 1 atom stereocenters. The maximum atomic E-state index is 11.1. The fourth-order valence-corrected chi connectivity index (χ4v) is 2.07. The van der Waals surface area contributed by atoms with E-state index in [2.05, 4.69) is 15.6 Å². The molecule has 1 unspecified atom stereocenters. The third kappa shape index (κ3) is 4.06. The van der Waals surface area contributed by atoms with E-state index in [1.54, 1.807) is 13.3 Å². The van der Waals surface area contributed by atoms with Crippen LogP contribution in [0.3, 0.4) is 0 Å². The van der Waals surface area contributed by atoms with Crippen molar-refractivity contribution < 1.29 is 9.53 Å². The highest BCUT2D eigenvalue weighted by atomic mass is 16.5. The molecule has 2 N–H and O–H groups in total. The number of carbonyl (C=O) groups excluding carboxylic acids is 1. The highest BCUT2D eigenvalue weighted by molar-refractivity contribution is 5.88. The minimum atomic E-state index is -0.0927. The van der Waals surface area contributed by atoms with Crippen molar-refractivity contribution in [1.82, 2.24) is 9.55 Å². The van der Waals surface area contributed by atoms with Gasteiger partial charge in [0.05, 0.1) is 12.3 Å². The topological polar surface area (TPSA) is 68.2 Å². The lowest BCUT2D eigenvalue weighted by Crippen LogP contribution is -2.22. The molecule has 0 aliphatic heterocycles. The van der Waals surface area contributed by atoms with Crippen molar-refractivity contribution in [3.8, 4) is 5.69 Å². The molecule has 0 spiro atoms. The van der Waals surface area contributed by atoms with Gasteiger partial charge in [0, 0.05) is 38.2 Å². The molecule has 0 fully saturated rings. The molecule has 6 nitrogen and oxygen atoms in total. The Kier molecular flexibility index (Phi) is 4.94. The van der Waals surface area contributed by atoms with E-state index in [9.17, 15) is 4.79 Å². The number of methoxy groups -OCH3 is 1. The Bertz CT molecular complexity index is 609. The highest BCUT2D eigenvalue weighted by Crippen LogP contribution is 2.19. The second-order valence-electron chi connectivity index (χ2n) is 4.85. The van der Waals surface area contributed by atoms with Gasteiger partial charge in [0.15, 0.2) is 0 Å². The number of rotatable bonds is 6. The normalized spacial score (nSPS) is 12.0. The number of carbonyl (C=O) groups is 1. The van der Waals surface area contributed by atoms with E-state index >= 15 is 0 Å². The molecule has 0 saturated carbocycles. The van der Waals surface area contributed by atoms with Crippen LogP contribution in [0, 0.1) is 0 Å². The van der Waals surface area contributed by atoms with E-state index in [0.29, 0.717) is 6.61 Å². The molecule has 0 bridgehead atoms. The quantitative estimate of drug-likeness (QED) is 0.855. The minimum absolute atomic E-state index is 0.0927. The number of aromatic nitrogens is 2. The summed E-state index contributed by atoms with van der Waals surface area (Å²) in [4.78, 5) is 15.5. The molecular weight excluding hydrogens is 268 g/mol. The standard InChI is InChI=1S/C15H20N4O2/c1-11(10-21-3)17-15-16-7-8-19(15)14-6-4-5-13(9-14)18-12(2)20/h4-9,11H,10H2,1-3H3,(H,16,17)(H,18,20). The van der Waals surface area contributed by atoms with Crippen molar-refractivity contribution >= 4 is 17.5 Å². The fraction of sp³-hybridized carbons (Fsp3) is 0.333. The first-order chi connectivity index (χ1) is 10.1. The van der Waals surface area contributed by atoms with E-state index in [0.717, 1.165) is 17.3 Å². The molecule has 21 heavy (non-hydrogen) atoms. The third-order valence-electron chi connectivity index (χ3n) is 2.88. The number of hydrogen-bond acceptors (Lipinski definition) is 4. The zero-order chi connectivity index (χ0) is 15.2. The van der Waals surface area contributed by atoms with Gasteiger partial charge in [0.1, 0.15) is 0 Å². The molecule has 0 saturated heterocycles. The summed E-state index contributed by atoms with van der Waals surface area (Å²) in [6, 6.07) is 7.74. The maximum absolute atomic E-state index is 11.1. The zero-order valence-corrected chi connectivity index (χ0v) is 12.5. The molecule has 1 amide bonds. The Balaban J connectivity index is 2.22. The van der Waals surface area contributed by atoms with Gasteiger partial charge in [-0.05, 0) is 25.1 Å². The second kappa shape index (κ2) is 6.90. The lowest BCUT2D eigenvalue weighted by Gasteiger charge is -2.15. The predicted octanol–water partition coefficient (Wildman–Crippen LogP) is 2.28. The molecule has 2 aromatic rings. The number of nitrogens with one attached hydrogen (secondary N) is 2. The SMILES string of the molecule is COCC(C)Nc1nccn1-c1cccc(NC(C)=O)c1. The van der Waals surface area contributed by atoms with Gasteiger partial charge in [-0.3, -0.25) is 9.36 Å². The van der Waals surface area contributed by atoms with Crippen molar-refractivity contribution in [3.63, 3.8) is 0 Å². The molecule has 0 aliphatic carbocycles. The van der Waals surface area contributed by atoms with Gasteiger partial charge < -0.3 is 15.4 Å². The van der Waals surface area contributed by atoms with Crippen LogP contribution in [0.1, 0.15) is 13.8 Å². The number of nitrogens with zero attached hydrogens (tertiary/aromatic N) is 2. The van der Waals surface area contributed by atoms with Gasteiger partial charge >= 0.3 is 0 Å². The molecule has 1 aromatic heterocycles. The smallest absolute Gasteiger partial charge is 0.221 e. The van der Waals surface area contributed by atoms with Gasteiger partial charge in [-0.1, -0.05) is 6.07 Å². The first-order valence-corrected chi connectivity index (χ1v) is 6.77. The second-order valence-corrected chi connectivity index (χ2v) is 4.85. The number of benzene rings is 1. The fourth-order valence-electron chi connectivity index (χ4n) is 2.07. The van der Waals surface area contributed by atoms with E-state index in [1.165, 1.54) is 6.92 Å². The third-order valence-corrected chi connectivity index (χ3v) is 2.88. The lowest BCUT2D eigenvalue weighted by molar-refractivity contribution is -0.114. The van der Waals surface area contributed by atoms with Gasteiger partial charge in [-0.25, -0.2) is 4.98 Å². The molecule has 1 heterocycles. The van der Waals surface area contributed by atoms with Crippen LogP contribution in [-0.2, 0) is 9.53 Å². The van der Waals surface area contributed by atoms with E-state index in [4.69, 9.17) is 4.74 Å². The first kappa shape index (κ1) is 15.1. The number of anilines is 2. The summed E-state index contributed by atoms with van der Waals surface area (Å²) < 4.78 is 7.04. The van der Waals surface area contributed by atoms with Crippen molar-refractivity contribution in [2.45, 2.75) is 19.9 Å². The van der Waals surface area contributed by atoms with Crippen molar-refractivity contribution in [1.29, 1.82) is 0 Å². The summed E-state index contributed by atoms with van der Waals surface area (Å²) in [5.74, 6) is 0.643. The Morgan fingerprint density at radius 3 is 3.00 bits per heavy atom. The molecule has 1 aromatic carbocycles. The molecule has 0 aliphatic rings. The molecule has 2 rings (SSSR count). The van der Waals surface area contributed by atoms with Crippen molar-refractivity contribution in [2.24, 2.45) is 0 Å². The lowest BCUT2D eigenvalue weighted by atomic mass is 10.2. The van der Waals surface area contributed by atoms with Gasteiger partial charge in [0.2, 0.25) is 11.9 Å². The average molecular weight is 288 g/mol. The average Bonchev–Trinajstić information content (AvgIpc) is 2.86. The number of ether oxygens (including phenoxy) is 1. The summed E-state index contributed by atoms with van der Waals surface area (Å²) in [7, 11) is 1.67. The predicted molar refractivity (Wildman–Crippen MR) is 82.8 cm³/mol. The number of amides is 1. The maximum Gasteiger partial charge on any atom is 0.221 e. The summed E-state index contributed by atoms with van der Waals surface area (Å²) >= 11 is 0. The largest absolute Gasteiger partial charge is 0.383 e. The monoisotopic (exact) mass is 288 g/mol. The van der Waals surface area contributed by atoms with Gasteiger partial charge in [-0.2, -0.15) is 0 Å². The van der Waals surface area contributed by atoms with E-state index in [1.807, 2.05) is 42.0 Å². The van der Waals surface area contributed by atoms with E-state index < -0.39 is 0 Å².